The standard InChI is InChI=1S/C13H36O7Si5/c1-13-25(15-3,16-4)20-24(11,12)19-23(9,10)18-22(7,8)17-21(5,6)14-2/h13H,1H2,2-12H3. The van der Waals surface area contributed by atoms with Crippen molar-refractivity contribution in [1.82, 2.24) is 0 Å². The Hall–Kier alpha value is 0.544. The topological polar surface area (TPSA) is 64.6 Å². The molecule has 0 bridgehead atoms. The van der Waals surface area contributed by atoms with Crippen LogP contribution in [0.2, 0.25) is 52.4 Å². The molecular weight excluding hydrogens is 409 g/mol. The van der Waals surface area contributed by atoms with Crippen LogP contribution in [0.1, 0.15) is 0 Å². The lowest BCUT2D eigenvalue weighted by atomic mass is 11.3. The molecule has 0 aromatic carbocycles. The molecule has 7 nitrogen and oxygen atoms in total. The van der Waals surface area contributed by atoms with E-state index < -0.39 is 43.0 Å². The summed E-state index contributed by atoms with van der Waals surface area (Å²) in [5, 5.41) is 0. The smallest absolute Gasteiger partial charge is 0.416 e. The van der Waals surface area contributed by atoms with E-state index in [0.717, 1.165) is 0 Å². The highest BCUT2D eigenvalue weighted by Crippen LogP contribution is 2.26. The second kappa shape index (κ2) is 9.16. The van der Waals surface area contributed by atoms with E-state index in [4.69, 9.17) is 29.7 Å². The maximum absolute atomic E-state index is 6.37. The average Bonchev–Trinajstić information content (AvgIpc) is 2.41. The second-order valence-electron chi connectivity index (χ2n) is 7.43. The molecule has 0 rings (SSSR count). The van der Waals surface area contributed by atoms with Gasteiger partial charge in [0, 0.05) is 21.3 Å². The van der Waals surface area contributed by atoms with Gasteiger partial charge in [-0.25, -0.2) is 0 Å². The Kier molecular flexibility index (Phi) is 9.36. The fourth-order valence-electron chi connectivity index (χ4n) is 2.60. The highest BCUT2D eigenvalue weighted by Gasteiger charge is 2.48. The van der Waals surface area contributed by atoms with Gasteiger partial charge in [0.15, 0.2) is 0 Å². The van der Waals surface area contributed by atoms with E-state index in [1.165, 1.54) is 0 Å². The Morgan fingerprint density at radius 1 is 0.520 bits per heavy atom. The van der Waals surface area contributed by atoms with Crippen LogP contribution in [0.4, 0.5) is 0 Å². The minimum absolute atomic E-state index is 1.56. The summed E-state index contributed by atoms with van der Waals surface area (Å²) in [6, 6.07) is 0. The molecule has 0 N–H and O–H groups in total. The SMILES string of the molecule is C=C[Si](OC)(OC)O[Si](C)(C)O[Si](C)(C)O[Si](C)(C)O[Si](C)(C)OC. The summed E-state index contributed by atoms with van der Waals surface area (Å²) in [5.74, 6) is 0. The molecule has 12 heteroatoms. The third-order valence-corrected chi connectivity index (χ3v) is 20.7. The van der Waals surface area contributed by atoms with Gasteiger partial charge >= 0.3 is 43.0 Å². The molecule has 0 aliphatic rings. The Morgan fingerprint density at radius 3 is 1.12 bits per heavy atom. The maximum atomic E-state index is 6.37. The summed E-state index contributed by atoms with van der Waals surface area (Å²) in [4.78, 5) is 0. The van der Waals surface area contributed by atoms with Crippen molar-refractivity contribution in [3.8, 4) is 0 Å². The Morgan fingerprint density at radius 2 is 0.840 bits per heavy atom. The van der Waals surface area contributed by atoms with Crippen molar-refractivity contribution in [3.63, 3.8) is 0 Å². The van der Waals surface area contributed by atoms with Gasteiger partial charge in [0.2, 0.25) is 0 Å². The summed E-state index contributed by atoms with van der Waals surface area (Å²) >= 11 is 0. The van der Waals surface area contributed by atoms with Gasteiger partial charge in [-0.15, -0.1) is 0 Å². The van der Waals surface area contributed by atoms with Crippen molar-refractivity contribution in [1.29, 1.82) is 0 Å². The largest absolute Gasteiger partial charge is 0.519 e. The van der Waals surface area contributed by atoms with Gasteiger partial charge < -0.3 is 29.7 Å². The van der Waals surface area contributed by atoms with E-state index in [1.807, 2.05) is 52.4 Å². The van der Waals surface area contributed by atoms with Crippen molar-refractivity contribution in [2.24, 2.45) is 0 Å². The molecule has 150 valence electrons. The number of hydrogen-bond acceptors (Lipinski definition) is 7. The summed E-state index contributed by atoms with van der Waals surface area (Å²) in [7, 11) is -7.82. The molecule has 0 atom stereocenters. The van der Waals surface area contributed by atoms with Crippen LogP contribution in [-0.2, 0) is 29.7 Å². The van der Waals surface area contributed by atoms with Gasteiger partial charge in [-0.1, -0.05) is 6.58 Å². The first-order valence-electron chi connectivity index (χ1n) is 8.17. The predicted molar refractivity (Wildman–Crippen MR) is 111 cm³/mol. The van der Waals surface area contributed by atoms with Gasteiger partial charge in [-0.3, -0.25) is 0 Å². The molecule has 0 aliphatic heterocycles. The van der Waals surface area contributed by atoms with Gasteiger partial charge in [-0.2, -0.15) is 0 Å². The van der Waals surface area contributed by atoms with Crippen LogP contribution in [0.3, 0.4) is 0 Å². The predicted octanol–water partition coefficient (Wildman–Crippen LogP) is 3.46. The highest BCUT2D eigenvalue weighted by atomic mass is 28.5. The lowest BCUT2D eigenvalue weighted by Gasteiger charge is -2.41. The summed E-state index contributed by atoms with van der Waals surface area (Å²) in [5.41, 5.74) is 1.61. The van der Waals surface area contributed by atoms with Crippen molar-refractivity contribution in [3.05, 3.63) is 12.3 Å². The van der Waals surface area contributed by atoms with Crippen LogP contribution in [-0.4, -0.2) is 64.4 Å². The van der Waals surface area contributed by atoms with Crippen LogP contribution in [0.5, 0.6) is 0 Å². The summed E-state index contributed by atoms with van der Waals surface area (Å²) < 4.78 is 41.5. The fourth-order valence-corrected chi connectivity index (χ4v) is 23.0. The zero-order valence-electron chi connectivity index (χ0n) is 17.6. The molecular formula is C13H36O7Si5. The molecule has 0 amide bonds. The van der Waals surface area contributed by atoms with E-state index in [9.17, 15) is 0 Å². The summed E-state index contributed by atoms with van der Waals surface area (Å²) in [6.07, 6.45) is 0. The molecule has 0 spiro atoms. The van der Waals surface area contributed by atoms with Gasteiger partial charge in [-0.05, 0) is 58.1 Å². The zero-order chi connectivity index (χ0) is 20.2. The molecule has 0 aromatic rings. The van der Waals surface area contributed by atoms with Gasteiger partial charge in [0.05, 0.1) is 0 Å². The monoisotopic (exact) mass is 444 g/mol. The highest BCUT2D eigenvalue weighted by molar-refractivity contribution is 6.89. The van der Waals surface area contributed by atoms with Crippen molar-refractivity contribution in [2.45, 2.75) is 52.4 Å². The average molecular weight is 445 g/mol. The number of rotatable bonds is 12. The van der Waals surface area contributed by atoms with E-state index >= 15 is 0 Å². The van der Waals surface area contributed by atoms with Crippen LogP contribution in [0, 0.1) is 0 Å². The van der Waals surface area contributed by atoms with Crippen molar-refractivity contribution < 1.29 is 29.7 Å². The molecule has 0 radical (unpaired) electrons. The number of hydrogen-bond donors (Lipinski definition) is 0. The molecule has 0 fully saturated rings. The van der Waals surface area contributed by atoms with E-state index in [1.54, 1.807) is 27.0 Å². The first kappa shape index (κ1) is 25.5. The lowest BCUT2D eigenvalue weighted by Crippen LogP contribution is -2.60. The van der Waals surface area contributed by atoms with E-state index in [2.05, 4.69) is 6.58 Å². The third-order valence-electron chi connectivity index (χ3n) is 3.17. The Labute approximate surface area is 158 Å². The molecule has 0 heterocycles. The first-order chi connectivity index (χ1) is 11.1. The Bertz CT molecular complexity index is 438. The molecule has 0 aromatic heterocycles. The molecule has 25 heavy (non-hydrogen) atoms. The fraction of sp³-hybridized carbons (Fsp3) is 0.846. The third kappa shape index (κ3) is 9.34. The zero-order valence-corrected chi connectivity index (χ0v) is 22.6. The quantitative estimate of drug-likeness (QED) is 0.427. The van der Waals surface area contributed by atoms with Crippen LogP contribution < -0.4 is 0 Å². The minimum Gasteiger partial charge on any atom is -0.416 e. The van der Waals surface area contributed by atoms with E-state index in [-0.39, 0.29) is 0 Å². The minimum atomic E-state index is -2.92. The van der Waals surface area contributed by atoms with E-state index in [0.29, 0.717) is 0 Å². The molecule has 0 unspecified atom stereocenters. The molecule has 0 saturated heterocycles. The van der Waals surface area contributed by atoms with Gasteiger partial charge in [0.1, 0.15) is 0 Å². The van der Waals surface area contributed by atoms with Crippen molar-refractivity contribution in [2.75, 3.05) is 21.3 Å². The molecule has 0 aliphatic carbocycles. The van der Waals surface area contributed by atoms with Crippen LogP contribution >= 0.6 is 0 Å². The Balaban J connectivity index is 5.12. The maximum Gasteiger partial charge on any atom is 0.519 e. The van der Waals surface area contributed by atoms with Crippen LogP contribution in [0.15, 0.2) is 12.3 Å². The molecule has 0 saturated carbocycles. The second-order valence-corrected chi connectivity index (χ2v) is 24.7. The van der Waals surface area contributed by atoms with Crippen LogP contribution in [0.25, 0.3) is 0 Å². The summed E-state index contributed by atoms with van der Waals surface area (Å²) in [6.45, 7) is 19.7. The lowest BCUT2D eigenvalue weighted by molar-refractivity contribution is 0.157. The normalized spacial score (nSPS) is 14.7. The van der Waals surface area contributed by atoms with Gasteiger partial charge in [0.25, 0.3) is 0 Å². The van der Waals surface area contributed by atoms with Crippen molar-refractivity contribution >= 4 is 43.0 Å². The first-order valence-corrected chi connectivity index (χ1v) is 21.2.